The van der Waals surface area contributed by atoms with Crippen LogP contribution in [0.25, 0.3) is 0 Å². The van der Waals surface area contributed by atoms with Crippen LogP contribution in [-0.2, 0) is 17.6 Å². The number of amides is 1. The molecule has 1 N–H and O–H groups in total. The molecule has 0 saturated heterocycles. The van der Waals surface area contributed by atoms with Gasteiger partial charge in [0.1, 0.15) is 11.6 Å². The second kappa shape index (κ2) is 6.32. The van der Waals surface area contributed by atoms with Crippen molar-refractivity contribution < 1.29 is 4.79 Å². The number of aromatic amines is 1. The summed E-state index contributed by atoms with van der Waals surface area (Å²) in [5.74, 6) is 0.0726. The Balaban J connectivity index is 1.79. The minimum atomic E-state index is -0.365. The first-order valence-corrected chi connectivity index (χ1v) is 8.03. The fourth-order valence-corrected chi connectivity index (χ4v) is 3.38. The van der Waals surface area contributed by atoms with Gasteiger partial charge < -0.3 is 9.88 Å². The summed E-state index contributed by atoms with van der Waals surface area (Å²) < 4.78 is 0. The van der Waals surface area contributed by atoms with E-state index in [4.69, 9.17) is 5.26 Å². The number of benzene rings is 1. The summed E-state index contributed by atoms with van der Waals surface area (Å²) in [7, 11) is 0. The molecule has 0 atom stereocenters. The molecule has 5 heteroatoms. The Kier molecular flexibility index (Phi) is 4.22. The standard InChI is InChI=1S/C19H19N3O2/c1-12-15(13(2)21-19(24)16(12)11-20)7-8-18(23)22-10-9-14-5-3-4-6-17(14)22/h3-6H,7-10H2,1-2H3,(H,21,24). The molecule has 1 amide bonds. The summed E-state index contributed by atoms with van der Waals surface area (Å²) in [5, 5.41) is 9.13. The number of nitrogens with one attached hydrogen (secondary N) is 1. The second-order valence-corrected chi connectivity index (χ2v) is 6.09. The molecule has 2 heterocycles. The minimum Gasteiger partial charge on any atom is -0.325 e. The van der Waals surface area contributed by atoms with Crippen LogP contribution in [0.15, 0.2) is 29.1 Å². The largest absolute Gasteiger partial charge is 0.325 e. The lowest BCUT2D eigenvalue weighted by Gasteiger charge is -2.18. The number of hydrogen-bond acceptors (Lipinski definition) is 3. The Bertz CT molecular complexity index is 906. The Labute approximate surface area is 140 Å². The highest BCUT2D eigenvalue weighted by atomic mass is 16.2. The van der Waals surface area contributed by atoms with Gasteiger partial charge in [-0.1, -0.05) is 18.2 Å². The summed E-state index contributed by atoms with van der Waals surface area (Å²) in [6, 6.07) is 9.91. The number of aromatic nitrogens is 1. The molecule has 5 nitrogen and oxygen atoms in total. The third-order valence-corrected chi connectivity index (χ3v) is 4.70. The van der Waals surface area contributed by atoms with Crippen LogP contribution in [0.1, 0.15) is 34.4 Å². The topological polar surface area (TPSA) is 77.0 Å². The fourth-order valence-electron chi connectivity index (χ4n) is 3.38. The maximum Gasteiger partial charge on any atom is 0.266 e. The number of H-pyrrole nitrogens is 1. The third-order valence-electron chi connectivity index (χ3n) is 4.70. The van der Waals surface area contributed by atoms with Crippen LogP contribution in [0.3, 0.4) is 0 Å². The highest BCUT2D eigenvalue weighted by Crippen LogP contribution is 2.28. The number of anilines is 1. The Morgan fingerprint density at radius 2 is 2.08 bits per heavy atom. The zero-order valence-corrected chi connectivity index (χ0v) is 13.8. The van der Waals surface area contributed by atoms with Crippen molar-refractivity contribution in [2.45, 2.75) is 33.1 Å². The highest BCUT2D eigenvalue weighted by Gasteiger charge is 2.24. The Morgan fingerprint density at radius 3 is 2.83 bits per heavy atom. The van der Waals surface area contributed by atoms with Gasteiger partial charge in [-0.05, 0) is 49.4 Å². The summed E-state index contributed by atoms with van der Waals surface area (Å²) in [5.41, 5.74) is 4.25. The summed E-state index contributed by atoms with van der Waals surface area (Å²) in [4.78, 5) is 28.9. The summed E-state index contributed by atoms with van der Waals surface area (Å²) >= 11 is 0. The van der Waals surface area contributed by atoms with E-state index in [-0.39, 0.29) is 17.0 Å². The maximum absolute atomic E-state index is 12.6. The molecule has 0 unspecified atom stereocenters. The molecule has 0 aliphatic carbocycles. The molecule has 0 radical (unpaired) electrons. The number of rotatable bonds is 3. The van der Waals surface area contributed by atoms with Crippen molar-refractivity contribution in [3.8, 4) is 6.07 Å². The van der Waals surface area contributed by atoms with E-state index in [1.165, 1.54) is 5.56 Å². The number of nitriles is 1. The van der Waals surface area contributed by atoms with Crippen molar-refractivity contribution in [1.82, 2.24) is 4.98 Å². The van der Waals surface area contributed by atoms with Gasteiger partial charge in [-0.3, -0.25) is 9.59 Å². The molecule has 1 aromatic heterocycles. The van der Waals surface area contributed by atoms with E-state index >= 15 is 0 Å². The molecule has 24 heavy (non-hydrogen) atoms. The molecule has 0 bridgehead atoms. The van der Waals surface area contributed by atoms with Crippen LogP contribution in [0.5, 0.6) is 0 Å². The molecule has 0 fully saturated rings. The van der Waals surface area contributed by atoms with Crippen molar-refractivity contribution in [3.05, 3.63) is 62.6 Å². The van der Waals surface area contributed by atoms with E-state index in [1.54, 1.807) is 13.8 Å². The predicted molar refractivity (Wildman–Crippen MR) is 92.1 cm³/mol. The van der Waals surface area contributed by atoms with E-state index < -0.39 is 0 Å². The van der Waals surface area contributed by atoms with Crippen LogP contribution in [-0.4, -0.2) is 17.4 Å². The molecule has 1 aliphatic heterocycles. The molecule has 1 aromatic carbocycles. The van der Waals surface area contributed by atoms with E-state index in [9.17, 15) is 9.59 Å². The van der Waals surface area contributed by atoms with E-state index in [2.05, 4.69) is 11.1 Å². The summed E-state index contributed by atoms with van der Waals surface area (Å²) in [6.07, 6.45) is 1.75. The van der Waals surface area contributed by atoms with Crippen LogP contribution < -0.4 is 10.5 Å². The number of pyridine rings is 1. The number of fused-ring (bicyclic) bond motifs is 1. The molecule has 2 aromatic rings. The first kappa shape index (κ1) is 16.0. The van der Waals surface area contributed by atoms with Crippen molar-refractivity contribution in [2.24, 2.45) is 0 Å². The Morgan fingerprint density at radius 1 is 1.33 bits per heavy atom. The van der Waals surface area contributed by atoms with Gasteiger partial charge in [-0.15, -0.1) is 0 Å². The van der Waals surface area contributed by atoms with E-state index in [0.29, 0.717) is 24.9 Å². The normalized spacial score (nSPS) is 12.8. The van der Waals surface area contributed by atoms with Crippen LogP contribution in [0.2, 0.25) is 0 Å². The third kappa shape index (κ3) is 2.71. The lowest BCUT2D eigenvalue weighted by atomic mass is 9.99. The molecular weight excluding hydrogens is 302 g/mol. The van der Waals surface area contributed by atoms with Gasteiger partial charge in [0.15, 0.2) is 0 Å². The van der Waals surface area contributed by atoms with Gasteiger partial charge in [0.25, 0.3) is 5.56 Å². The fraction of sp³-hybridized carbons (Fsp3) is 0.316. The molecule has 1 aliphatic rings. The Hall–Kier alpha value is -2.87. The van der Waals surface area contributed by atoms with Gasteiger partial charge in [-0.25, -0.2) is 0 Å². The summed E-state index contributed by atoms with van der Waals surface area (Å²) in [6.45, 7) is 4.29. The lowest BCUT2D eigenvalue weighted by Crippen LogP contribution is -2.29. The van der Waals surface area contributed by atoms with Gasteiger partial charge in [0, 0.05) is 24.3 Å². The second-order valence-electron chi connectivity index (χ2n) is 6.09. The molecular formula is C19H19N3O2. The van der Waals surface area contributed by atoms with Gasteiger partial charge in [0.05, 0.1) is 0 Å². The highest BCUT2D eigenvalue weighted by molar-refractivity contribution is 5.95. The molecule has 0 saturated carbocycles. The first-order chi connectivity index (χ1) is 11.5. The zero-order chi connectivity index (χ0) is 17.3. The van der Waals surface area contributed by atoms with Gasteiger partial charge in [-0.2, -0.15) is 5.26 Å². The van der Waals surface area contributed by atoms with Crippen LogP contribution in [0.4, 0.5) is 5.69 Å². The number of hydrogen-bond donors (Lipinski definition) is 1. The van der Waals surface area contributed by atoms with E-state index in [0.717, 1.165) is 23.4 Å². The molecule has 0 spiro atoms. The van der Waals surface area contributed by atoms with Crippen LogP contribution >= 0.6 is 0 Å². The molecule has 122 valence electrons. The quantitative estimate of drug-likeness (QED) is 0.943. The van der Waals surface area contributed by atoms with Crippen molar-refractivity contribution in [3.63, 3.8) is 0 Å². The van der Waals surface area contributed by atoms with Crippen molar-refractivity contribution >= 4 is 11.6 Å². The van der Waals surface area contributed by atoms with E-state index in [1.807, 2.05) is 29.2 Å². The zero-order valence-electron chi connectivity index (χ0n) is 13.8. The predicted octanol–water partition coefficient (Wildman–Crippen LogP) is 2.39. The number of para-hydroxylation sites is 1. The van der Waals surface area contributed by atoms with Crippen LogP contribution in [0, 0.1) is 25.2 Å². The van der Waals surface area contributed by atoms with Crippen molar-refractivity contribution in [2.75, 3.05) is 11.4 Å². The SMILES string of the molecule is Cc1[nH]c(=O)c(C#N)c(C)c1CCC(=O)N1CCc2ccccc21. The number of carbonyl (C=O) groups is 1. The average Bonchev–Trinajstić information content (AvgIpc) is 2.98. The number of aryl methyl sites for hydroxylation is 1. The minimum absolute atomic E-state index is 0.0726. The lowest BCUT2D eigenvalue weighted by molar-refractivity contribution is -0.118. The number of nitrogens with zero attached hydrogens (tertiary/aromatic N) is 2. The van der Waals surface area contributed by atoms with Gasteiger partial charge in [0.2, 0.25) is 5.91 Å². The van der Waals surface area contributed by atoms with Gasteiger partial charge >= 0.3 is 0 Å². The monoisotopic (exact) mass is 321 g/mol. The molecule has 3 rings (SSSR count). The average molecular weight is 321 g/mol. The first-order valence-electron chi connectivity index (χ1n) is 8.03. The number of carbonyl (C=O) groups excluding carboxylic acids is 1. The maximum atomic E-state index is 12.6. The van der Waals surface area contributed by atoms with Crippen molar-refractivity contribution in [1.29, 1.82) is 5.26 Å². The smallest absolute Gasteiger partial charge is 0.266 e.